The van der Waals surface area contributed by atoms with Gasteiger partial charge in [0.1, 0.15) is 17.1 Å². The van der Waals surface area contributed by atoms with Crippen molar-refractivity contribution in [1.82, 2.24) is 24.8 Å². The molecule has 41 heavy (non-hydrogen) atoms. The van der Waals surface area contributed by atoms with Crippen LogP contribution in [0.15, 0.2) is 42.9 Å². The second kappa shape index (κ2) is 12.6. The molecular weight excluding hydrogens is 553 g/mol. The highest BCUT2D eigenvalue weighted by Crippen LogP contribution is 2.38. The Hall–Kier alpha value is -3.40. The zero-order chi connectivity index (χ0) is 29.1. The number of rotatable bonds is 9. The number of fused-ring (bicyclic) bond motifs is 1. The first-order chi connectivity index (χ1) is 19.8. The first kappa shape index (κ1) is 29.1. The highest BCUT2D eigenvalue weighted by atomic mass is 32.2. The summed E-state index contributed by atoms with van der Waals surface area (Å²) in [6, 6.07) is 8.84. The maximum Gasteiger partial charge on any atom is 0.229 e. The topological polar surface area (TPSA) is 94.6 Å². The molecule has 4 aromatic rings. The van der Waals surface area contributed by atoms with Gasteiger partial charge in [-0.2, -0.15) is 4.98 Å². The minimum atomic E-state index is 0.469. The third kappa shape index (κ3) is 6.27. The molecule has 5 rings (SSSR count). The molecule has 0 saturated carbocycles. The average molecular weight is 592 g/mol. The summed E-state index contributed by atoms with van der Waals surface area (Å²) in [7, 11) is 10.8. The van der Waals surface area contributed by atoms with Crippen LogP contribution in [-0.4, -0.2) is 78.5 Å². The molecule has 2 N–H and O–H groups in total. The predicted octanol–water partition coefficient (Wildman–Crippen LogP) is 4.97. The van der Waals surface area contributed by atoms with Crippen molar-refractivity contribution in [3.05, 3.63) is 48.4 Å². The van der Waals surface area contributed by atoms with Gasteiger partial charge < -0.3 is 29.5 Å². The van der Waals surface area contributed by atoms with Crippen molar-refractivity contribution < 1.29 is 4.74 Å². The quantitative estimate of drug-likeness (QED) is 0.204. The molecule has 1 aliphatic rings. The average Bonchev–Trinajstić information content (AvgIpc) is 2.98. The molecule has 0 amide bonds. The zero-order valence-corrected chi connectivity index (χ0v) is 26.4. The zero-order valence-electron chi connectivity index (χ0n) is 24.5. The third-order valence-corrected chi connectivity index (χ3v) is 8.73. The van der Waals surface area contributed by atoms with Crippen LogP contribution in [0.1, 0.15) is 18.4 Å². The van der Waals surface area contributed by atoms with Crippen molar-refractivity contribution in [3.8, 4) is 5.75 Å². The number of hydrogen-bond acceptors (Lipinski definition) is 11. The summed E-state index contributed by atoms with van der Waals surface area (Å²) in [6.07, 6.45) is 9.53. The maximum absolute atomic E-state index is 5.81. The molecule has 2 aromatic carbocycles. The lowest BCUT2D eigenvalue weighted by Crippen LogP contribution is -2.42. The van der Waals surface area contributed by atoms with Gasteiger partial charge in [0.05, 0.1) is 29.7 Å². The first-order valence-electron chi connectivity index (χ1n) is 13.6. The monoisotopic (exact) mass is 591 g/mol. The van der Waals surface area contributed by atoms with Gasteiger partial charge in [-0.3, -0.25) is 9.97 Å². The minimum Gasteiger partial charge on any atom is -0.494 e. The third-order valence-electron chi connectivity index (χ3n) is 7.57. The Morgan fingerprint density at radius 1 is 1.02 bits per heavy atom. The largest absolute Gasteiger partial charge is 0.494 e. The Balaban J connectivity index is 1.41. The van der Waals surface area contributed by atoms with Gasteiger partial charge in [0.15, 0.2) is 0 Å². The van der Waals surface area contributed by atoms with Gasteiger partial charge in [-0.05, 0) is 57.6 Å². The second-order valence-corrected chi connectivity index (χ2v) is 11.9. The van der Waals surface area contributed by atoms with Crippen molar-refractivity contribution in [3.63, 3.8) is 0 Å². The van der Waals surface area contributed by atoms with Crippen LogP contribution in [0, 0.1) is 6.92 Å². The number of nitrogens with zero attached hydrogens (tertiary/aromatic N) is 7. The molecule has 0 spiro atoms. The van der Waals surface area contributed by atoms with Crippen LogP contribution in [0.2, 0.25) is 0 Å². The van der Waals surface area contributed by atoms with Crippen LogP contribution in [0.4, 0.5) is 34.5 Å². The van der Waals surface area contributed by atoms with Crippen LogP contribution in [0.5, 0.6) is 5.75 Å². The van der Waals surface area contributed by atoms with E-state index in [4.69, 9.17) is 9.72 Å². The fraction of sp³-hybridized carbons (Fsp3) is 0.379. The van der Waals surface area contributed by atoms with E-state index in [1.54, 1.807) is 37.6 Å². The van der Waals surface area contributed by atoms with E-state index in [-0.39, 0.29) is 0 Å². The maximum atomic E-state index is 5.81. The fourth-order valence-electron chi connectivity index (χ4n) is 5.24. The number of nitrogens with one attached hydrogen (secondary N) is 2. The van der Waals surface area contributed by atoms with Crippen molar-refractivity contribution in [2.75, 3.05) is 67.4 Å². The van der Waals surface area contributed by atoms with E-state index >= 15 is 0 Å². The summed E-state index contributed by atoms with van der Waals surface area (Å²) in [6.45, 7) is 4.20. The molecule has 216 valence electrons. The molecule has 10 nitrogen and oxygen atoms in total. The molecule has 1 aliphatic heterocycles. The number of ether oxygens (including phenoxy) is 1. The number of benzene rings is 2. The molecule has 1 fully saturated rings. The highest BCUT2D eigenvalue weighted by Gasteiger charge is 2.23. The van der Waals surface area contributed by atoms with Gasteiger partial charge >= 0.3 is 0 Å². The standard InChI is InChI=1S/C29H38N9OPS/c1-18-15-22(24(39-5)16-23(18)38-13-9-19(10-14-38)36(2)3)34-29-32-17-25(40)28(35-29)33-21-8-7-20-26(31-12-11-30-20)27(21)37(4)41-6/h7-8,11-12,15-17,19H,9-10,13-14,40H2,1-6H3,(H2,32,33,34,35). The molecule has 1 unspecified atom stereocenters. The van der Waals surface area contributed by atoms with E-state index in [0.29, 0.717) is 17.8 Å². The molecule has 1 atom stereocenters. The van der Waals surface area contributed by atoms with Gasteiger partial charge in [0, 0.05) is 68.1 Å². The molecule has 3 heterocycles. The fourth-order valence-corrected chi connectivity index (χ4v) is 5.82. The molecular formula is C29H38N9OPS. The molecule has 1 saturated heterocycles. The van der Waals surface area contributed by atoms with Gasteiger partial charge in [0.25, 0.3) is 0 Å². The van der Waals surface area contributed by atoms with Gasteiger partial charge in [0.2, 0.25) is 5.95 Å². The van der Waals surface area contributed by atoms with Crippen molar-refractivity contribution >= 4 is 72.0 Å². The Morgan fingerprint density at radius 3 is 2.49 bits per heavy atom. The molecule has 0 aliphatic carbocycles. The van der Waals surface area contributed by atoms with E-state index in [0.717, 1.165) is 65.1 Å². The number of methoxy groups -OCH3 is 1. The van der Waals surface area contributed by atoms with Crippen LogP contribution in [0.3, 0.4) is 0 Å². The number of piperidine rings is 1. The molecule has 2 aromatic heterocycles. The van der Waals surface area contributed by atoms with Gasteiger partial charge in [-0.15, -0.1) is 0 Å². The van der Waals surface area contributed by atoms with Crippen molar-refractivity contribution in [2.24, 2.45) is 0 Å². The Labute approximate surface area is 248 Å². The first-order valence-corrected chi connectivity index (χ1v) is 15.3. The minimum absolute atomic E-state index is 0.469. The van der Waals surface area contributed by atoms with E-state index in [1.165, 1.54) is 11.3 Å². The number of anilines is 6. The lowest BCUT2D eigenvalue weighted by molar-refractivity contribution is 0.249. The van der Waals surface area contributed by atoms with Gasteiger partial charge in [-0.25, -0.2) is 4.98 Å². The summed E-state index contributed by atoms with van der Waals surface area (Å²) in [5.41, 5.74) is 6.67. The number of aryl methyl sites for hydroxylation is 1. The van der Waals surface area contributed by atoms with Crippen LogP contribution >= 0.6 is 21.2 Å². The number of aromatic nitrogens is 4. The van der Waals surface area contributed by atoms with Gasteiger partial charge in [-0.1, -0.05) is 21.2 Å². The van der Waals surface area contributed by atoms with E-state index in [2.05, 4.69) is 82.1 Å². The molecule has 12 heteroatoms. The lowest BCUT2D eigenvalue weighted by Gasteiger charge is -2.37. The van der Waals surface area contributed by atoms with E-state index in [9.17, 15) is 0 Å². The summed E-state index contributed by atoms with van der Waals surface area (Å²) in [4.78, 5) is 23.2. The smallest absolute Gasteiger partial charge is 0.229 e. The Morgan fingerprint density at radius 2 is 1.78 bits per heavy atom. The summed E-state index contributed by atoms with van der Waals surface area (Å²) >= 11 is 1.60. The lowest BCUT2D eigenvalue weighted by atomic mass is 10.0. The SMILES string of the molecule is COc1cc(N2CCC(N(C)C)CC2)c(C)cc1Nc1ncc(P)c(Nc2ccc3nccnc3c2N(C)SC)n1. The summed E-state index contributed by atoms with van der Waals surface area (Å²) in [5, 5.41) is 7.73. The predicted molar refractivity (Wildman–Crippen MR) is 176 cm³/mol. The van der Waals surface area contributed by atoms with Crippen molar-refractivity contribution in [2.45, 2.75) is 25.8 Å². The van der Waals surface area contributed by atoms with E-state index < -0.39 is 0 Å². The molecule has 0 bridgehead atoms. The highest BCUT2D eigenvalue weighted by molar-refractivity contribution is 7.99. The Bertz CT molecular complexity index is 1530. The molecule has 0 radical (unpaired) electrons. The Kier molecular flexibility index (Phi) is 8.97. The van der Waals surface area contributed by atoms with Crippen LogP contribution < -0.4 is 29.9 Å². The normalized spacial score (nSPS) is 14.0. The number of hydrogen-bond donors (Lipinski definition) is 2. The van der Waals surface area contributed by atoms with E-state index in [1.807, 2.05) is 25.4 Å². The summed E-state index contributed by atoms with van der Waals surface area (Å²) < 4.78 is 7.88. The van der Waals surface area contributed by atoms with Crippen molar-refractivity contribution in [1.29, 1.82) is 0 Å². The van der Waals surface area contributed by atoms with Crippen LogP contribution in [0.25, 0.3) is 11.0 Å². The van der Waals surface area contributed by atoms with Crippen LogP contribution in [-0.2, 0) is 0 Å². The summed E-state index contributed by atoms with van der Waals surface area (Å²) in [5.74, 6) is 1.89. The second-order valence-electron chi connectivity index (χ2n) is 10.3.